The second-order valence-electron chi connectivity index (χ2n) is 2.51. The van der Waals surface area contributed by atoms with Crippen LogP contribution in [0.25, 0.3) is 0 Å². The van der Waals surface area contributed by atoms with Gasteiger partial charge < -0.3 is 9.05 Å². The Morgan fingerprint density at radius 3 is 1.54 bits per heavy atom. The lowest BCUT2D eigenvalue weighted by Gasteiger charge is -2.06. The summed E-state index contributed by atoms with van der Waals surface area (Å²) in [5.74, 6) is 0. The highest BCUT2D eigenvalue weighted by Crippen LogP contribution is 2.45. The van der Waals surface area contributed by atoms with E-state index >= 15 is 0 Å². The molecule has 0 aromatic heterocycles. The fourth-order valence-corrected chi connectivity index (χ4v) is 1.42. The van der Waals surface area contributed by atoms with E-state index in [0.29, 0.717) is 0 Å². The molecule has 0 spiro atoms. The highest BCUT2D eigenvalue weighted by molar-refractivity contribution is 7.52. The molecule has 0 bridgehead atoms. The van der Waals surface area contributed by atoms with Crippen molar-refractivity contribution in [3.05, 3.63) is 0 Å². The normalized spacial score (nSPS) is 20.6. The fourth-order valence-electron chi connectivity index (χ4n) is 0.514. The third-order valence-electron chi connectivity index (χ3n) is 0.932. The predicted octanol–water partition coefficient (Wildman–Crippen LogP) is 2.99. The molecule has 80 valence electrons. The molecule has 13 heavy (non-hydrogen) atoms. The summed E-state index contributed by atoms with van der Waals surface area (Å²) in [6.45, 7) is 1.36. The Kier molecular flexibility index (Phi) is 5.30. The van der Waals surface area contributed by atoms with Crippen molar-refractivity contribution in [2.24, 2.45) is 0 Å². The van der Waals surface area contributed by atoms with Gasteiger partial charge in [0.15, 0.2) is 0 Å². The van der Waals surface area contributed by atoms with Crippen LogP contribution in [0.15, 0.2) is 0 Å². The molecule has 0 aromatic carbocycles. The first-order chi connectivity index (χ1) is 5.71. The average molecular weight is 236 g/mol. The third-order valence-corrected chi connectivity index (χ3v) is 2.22. The van der Waals surface area contributed by atoms with Crippen LogP contribution < -0.4 is 0 Å². The average Bonchev–Trinajstić information content (AvgIpc) is 1.81. The van der Waals surface area contributed by atoms with Gasteiger partial charge in [0.05, 0.1) is 13.2 Å². The molecule has 0 aliphatic heterocycles. The first kappa shape index (κ1) is 13.2. The van der Waals surface area contributed by atoms with E-state index < -0.39 is 15.4 Å². The van der Waals surface area contributed by atoms with E-state index in [1.54, 1.807) is 0 Å². The summed E-state index contributed by atoms with van der Waals surface area (Å²) >= 11 is 0. The Labute approximate surface area is 75.8 Å². The van der Waals surface area contributed by atoms with Gasteiger partial charge in [0.2, 0.25) is 0 Å². The van der Waals surface area contributed by atoms with Crippen molar-refractivity contribution >= 4 is 15.4 Å². The van der Waals surface area contributed by atoms with E-state index in [9.17, 15) is 17.5 Å². The number of hydrogen-bond acceptors (Lipinski definition) is 4. The SMILES string of the molecule is CP(=O)(F)OCCCOP(C)(=O)F. The largest absolute Gasteiger partial charge is 0.364 e. The van der Waals surface area contributed by atoms with Gasteiger partial charge in [-0.1, -0.05) is 0 Å². The zero-order valence-electron chi connectivity index (χ0n) is 7.40. The molecule has 0 saturated carbocycles. The van der Waals surface area contributed by atoms with Crippen molar-refractivity contribution < 1.29 is 26.6 Å². The van der Waals surface area contributed by atoms with Gasteiger partial charge in [-0.25, -0.2) is 0 Å². The molecule has 0 aromatic rings. The van der Waals surface area contributed by atoms with E-state index in [4.69, 9.17) is 0 Å². The standard InChI is InChI=1S/C5H12F2O4P2/c1-12(6,8)10-4-3-5-11-13(2,7)9/h3-5H2,1-2H3. The van der Waals surface area contributed by atoms with Gasteiger partial charge in [-0.2, -0.15) is 8.39 Å². The minimum atomic E-state index is -3.96. The Bertz CT molecular complexity index is 209. The second-order valence-corrected chi connectivity index (χ2v) is 6.02. The molecule has 2 atom stereocenters. The van der Waals surface area contributed by atoms with Crippen molar-refractivity contribution in [3.63, 3.8) is 0 Å². The summed E-state index contributed by atoms with van der Waals surface area (Å²) in [6.07, 6.45) is 0.142. The van der Waals surface area contributed by atoms with Gasteiger partial charge in [0.1, 0.15) is 0 Å². The highest BCUT2D eigenvalue weighted by atomic mass is 31.2. The summed E-state index contributed by atoms with van der Waals surface area (Å²) in [6, 6.07) is 0. The summed E-state index contributed by atoms with van der Waals surface area (Å²) in [5, 5.41) is 0. The molecule has 0 fully saturated rings. The third kappa shape index (κ3) is 12.2. The van der Waals surface area contributed by atoms with E-state index in [-0.39, 0.29) is 19.6 Å². The fraction of sp³-hybridized carbons (Fsp3) is 1.00. The van der Waals surface area contributed by atoms with Gasteiger partial charge in [-0.05, 0) is 6.42 Å². The molecule has 0 radical (unpaired) electrons. The zero-order valence-corrected chi connectivity index (χ0v) is 9.19. The molecule has 0 heterocycles. The van der Waals surface area contributed by atoms with Crippen molar-refractivity contribution in [2.75, 3.05) is 26.5 Å². The topological polar surface area (TPSA) is 52.6 Å². The quantitative estimate of drug-likeness (QED) is 0.525. The van der Waals surface area contributed by atoms with Gasteiger partial charge in [0, 0.05) is 13.3 Å². The van der Waals surface area contributed by atoms with Crippen LogP contribution in [-0.2, 0) is 18.2 Å². The number of halogens is 2. The maximum Gasteiger partial charge on any atom is 0.364 e. The predicted molar refractivity (Wildman–Crippen MR) is 45.8 cm³/mol. The Morgan fingerprint density at radius 2 is 1.31 bits per heavy atom. The van der Waals surface area contributed by atoms with Crippen molar-refractivity contribution in [1.82, 2.24) is 0 Å². The lowest BCUT2D eigenvalue weighted by molar-refractivity contribution is 0.232. The van der Waals surface area contributed by atoms with Crippen molar-refractivity contribution in [3.8, 4) is 0 Å². The minimum Gasteiger partial charge on any atom is -0.306 e. The first-order valence-corrected chi connectivity index (χ1v) is 7.47. The molecule has 0 aliphatic rings. The van der Waals surface area contributed by atoms with Crippen LogP contribution in [0.5, 0.6) is 0 Å². The van der Waals surface area contributed by atoms with Crippen LogP contribution in [0.1, 0.15) is 6.42 Å². The molecule has 0 amide bonds. The van der Waals surface area contributed by atoms with E-state index in [2.05, 4.69) is 9.05 Å². The summed E-state index contributed by atoms with van der Waals surface area (Å²) < 4.78 is 53.5. The maximum absolute atomic E-state index is 12.2. The zero-order chi connectivity index (χ0) is 10.5. The van der Waals surface area contributed by atoms with Crippen LogP contribution in [0.4, 0.5) is 8.39 Å². The lowest BCUT2D eigenvalue weighted by Crippen LogP contribution is -1.96. The molecule has 2 unspecified atom stereocenters. The molecule has 0 rings (SSSR count). The van der Waals surface area contributed by atoms with Gasteiger partial charge in [0.25, 0.3) is 0 Å². The summed E-state index contributed by atoms with van der Waals surface area (Å²) in [5.41, 5.74) is 0. The summed E-state index contributed by atoms with van der Waals surface area (Å²) in [4.78, 5) is 0. The van der Waals surface area contributed by atoms with E-state index in [1.165, 1.54) is 0 Å². The van der Waals surface area contributed by atoms with Crippen molar-refractivity contribution in [1.29, 1.82) is 0 Å². The highest BCUT2D eigenvalue weighted by Gasteiger charge is 2.14. The van der Waals surface area contributed by atoms with Crippen LogP contribution >= 0.6 is 15.4 Å². The van der Waals surface area contributed by atoms with E-state index in [1.807, 2.05) is 0 Å². The molecule has 4 nitrogen and oxygen atoms in total. The van der Waals surface area contributed by atoms with Gasteiger partial charge >= 0.3 is 15.4 Å². The molecule has 0 N–H and O–H groups in total. The lowest BCUT2D eigenvalue weighted by atomic mass is 10.5. The Balaban J connectivity index is 3.39. The monoisotopic (exact) mass is 236 g/mol. The maximum atomic E-state index is 12.2. The molecule has 0 aliphatic carbocycles. The Morgan fingerprint density at radius 1 is 1.00 bits per heavy atom. The molecular weight excluding hydrogens is 224 g/mol. The molecular formula is C5H12F2O4P2. The van der Waals surface area contributed by atoms with Crippen molar-refractivity contribution in [2.45, 2.75) is 6.42 Å². The second kappa shape index (κ2) is 5.20. The molecule has 8 heteroatoms. The molecule has 0 saturated heterocycles. The summed E-state index contributed by atoms with van der Waals surface area (Å²) in [7, 11) is -7.93. The minimum absolute atomic E-state index is 0.142. The van der Waals surface area contributed by atoms with Crippen LogP contribution in [0.3, 0.4) is 0 Å². The van der Waals surface area contributed by atoms with Crippen LogP contribution in [-0.4, -0.2) is 26.5 Å². The van der Waals surface area contributed by atoms with Crippen LogP contribution in [0, 0.1) is 0 Å². The van der Waals surface area contributed by atoms with Gasteiger partial charge in [-0.15, -0.1) is 0 Å². The van der Waals surface area contributed by atoms with Crippen LogP contribution in [0.2, 0.25) is 0 Å². The number of rotatable bonds is 6. The van der Waals surface area contributed by atoms with E-state index in [0.717, 1.165) is 13.3 Å². The Hall–Kier alpha value is 0.240. The van der Waals surface area contributed by atoms with Gasteiger partial charge in [-0.3, -0.25) is 9.13 Å². The smallest absolute Gasteiger partial charge is 0.306 e. The first-order valence-electron chi connectivity index (χ1n) is 3.54. The number of hydrogen-bond donors (Lipinski definition) is 0.